The van der Waals surface area contributed by atoms with Crippen LogP contribution in [0.5, 0.6) is 0 Å². The van der Waals surface area contributed by atoms with Crippen molar-refractivity contribution in [1.29, 1.82) is 0 Å². The fraction of sp³-hybridized carbons (Fsp3) is 1.00. The highest BCUT2D eigenvalue weighted by molar-refractivity contribution is 4.92. The molecule has 1 unspecified atom stereocenters. The van der Waals surface area contributed by atoms with Gasteiger partial charge in [0.15, 0.2) is 0 Å². The Morgan fingerprint density at radius 1 is 1.11 bits per heavy atom. The molecule has 108 valence electrons. The third-order valence-corrected chi connectivity index (χ3v) is 4.35. The molecule has 0 aromatic carbocycles. The van der Waals surface area contributed by atoms with Gasteiger partial charge in [-0.15, -0.1) is 0 Å². The Labute approximate surface area is 113 Å². The second-order valence-corrected chi connectivity index (χ2v) is 6.06. The molecule has 0 amide bonds. The minimum atomic E-state index is 0.106. The zero-order valence-electron chi connectivity index (χ0n) is 12.6. The van der Waals surface area contributed by atoms with E-state index in [4.69, 9.17) is 10.5 Å². The average molecular weight is 256 g/mol. The molecule has 0 aromatic heterocycles. The van der Waals surface area contributed by atoms with Gasteiger partial charge in [-0.3, -0.25) is 4.90 Å². The molecule has 0 aromatic rings. The summed E-state index contributed by atoms with van der Waals surface area (Å²) in [6, 6.07) is 0.275. The van der Waals surface area contributed by atoms with Gasteiger partial charge in [0.2, 0.25) is 0 Å². The summed E-state index contributed by atoms with van der Waals surface area (Å²) in [6.07, 6.45) is 7.79. The third kappa shape index (κ3) is 4.87. The van der Waals surface area contributed by atoms with E-state index in [2.05, 4.69) is 25.7 Å². The highest BCUT2D eigenvalue weighted by atomic mass is 16.5. The first-order valence-corrected chi connectivity index (χ1v) is 7.67. The van der Waals surface area contributed by atoms with E-state index in [-0.39, 0.29) is 11.6 Å². The van der Waals surface area contributed by atoms with Crippen molar-refractivity contribution in [2.75, 3.05) is 26.3 Å². The second-order valence-electron chi connectivity index (χ2n) is 6.06. The number of hydrogen-bond donors (Lipinski definition) is 1. The molecule has 0 radical (unpaired) electrons. The van der Waals surface area contributed by atoms with Crippen LogP contribution in [0.3, 0.4) is 0 Å². The summed E-state index contributed by atoms with van der Waals surface area (Å²) in [5.41, 5.74) is 6.52. The molecule has 0 aliphatic carbocycles. The predicted molar refractivity (Wildman–Crippen MR) is 77.8 cm³/mol. The zero-order valence-corrected chi connectivity index (χ0v) is 12.6. The normalized spacial score (nSPS) is 20.0. The summed E-state index contributed by atoms with van der Waals surface area (Å²) in [5, 5.41) is 0. The van der Waals surface area contributed by atoms with Crippen molar-refractivity contribution in [1.82, 2.24) is 4.90 Å². The lowest BCUT2D eigenvalue weighted by atomic mass is 9.88. The van der Waals surface area contributed by atoms with E-state index in [1.54, 1.807) is 0 Å². The molecule has 1 rings (SSSR count). The number of nitrogens with zero attached hydrogens (tertiary/aromatic N) is 1. The highest BCUT2D eigenvalue weighted by Gasteiger charge is 2.33. The van der Waals surface area contributed by atoms with Gasteiger partial charge in [0, 0.05) is 24.7 Å². The Morgan fingerprint density at radius 3 is 2.33 bits per heavy atom. The fourth-order valence-electron chi connectivity index (χ4n) is 2.70. The monoisotopic (exact) mass is 256 g/mol. The first-order valence-electron chi connectivity index (χ1n) is 7.67. The lowest BCUT2D eigenvalue weighted by Gasteiger charge is -2.44. The van der Waals surface area contributed by atoms with E-state index in [1.807, 2.05) is 0 Å². The van der Waals surface area contributed by atoms with Gasteiger partial charge in [0.05, 0.1) is 13.2 Å². The van der Waals surface area contributed by atoms with E-state index in [0.717, 1.165) is 32.7 Å². The van der Waals surface area contributed by atoms with Crippen molar-refractivity contribution < 1.29 is 4.74 Å². The lowest BCUT2D eigenvalue weighted by Crippen LogP contribution is -2.59. The Hall–Kier alpha value is -0.120. The number of morpholine rings is 1. The molecule has 1 aliphatic heterocycles. The summed E-state index contributed by atoms with van der Waals surface area (Å²) < 4.78 is 5.42. The topological polar surface area (TPSA) is 38.5 Å². The third-order valence-electron chi connectivity index (χ3n) is 4.35. The van der Waals surface area contributed by atoms with Crippen molar-refractivity contribution in [3.8, 4) is 0 Å². The molecule has 0 saturated carbocycles. The quantitative estimate of drug-likeness (QED) is 0.679. The predicted octanol–water partition coefficient (Wildman–Crippen LogP) is 2.79. The van der Waals surface area contributed by atoms with Crippen molar-refractivity contribution in [3.63, 3.8) is 0 Å². The van der Waals surface area contributed by atoms with Crippen molar-refractivity contribution in [3.05, 3.63) is 0 Å². The summed E-state index contributed by atoms with van der Waals surface area (Å²) in [7, 11) is 0. The Bertz CT molecular complexity index is 213. The molecular weight excluding hydrogens is 224 g/mol. The summed E-state index contributed by atoms with van der Waals surface area (Å²) >= 11 is 0. The minimum Gasteiger partial charge on any atom is -0.379 e. The van der Waals surface area contributed by atoms with Crippen LogP contribution >= 0.6 is 0 Å². The molecule has 18 heavy (non-hydrogen) atoms. The summed E-state index contributed by atoms with van der Waals surface area (Å²) in [5.74, 6) is 0. The van der Waals surface area contributed by atoms with Crippen LogP contribution in [0.4, 0.5) is 0 Å². The van der Waals surface area contributed by atoms with E-state index in [0.29, 0.717) is 0 Å². The van der Waals surface area contributed by atoms with Crippen LogP contribution < -0.4 is 5.73 Å². The maximum absolute atomic E-state index is 6.41. The first-order chi connectivity index (χ1) is 8.59. The van der Waals surface area contributed by atoms with Gasteiger partial charge in [-0.25, -0.2) is 0 Å². The van der Waals surface area contributed by atoms with Gasteiger partial charge in [-0.2, -0.15) is 0 Å². The van der Waals surface area contributed by atoms with Crippen LogP contribution in [0.2, 0.25) is 0 Å². The standard InChI is InChI=1S/C15H32N2O/c1-4-5-6-7-8-9-14(16)15(2,3)17-10-12-18-13-11-17/h14H,4-13,16H2,1-3H3. The molecule has 3 nitrogen and oxygen atoms in total. The van der Waals surface area contributed by atoms with E-state index >= 15 is 0 Å². The SMILES string of the molecule is CCCCCCCC(N)C(C)(C)N1CCOCC1. The molecule has 1 saturated heterocycles. The van der Waals surface area contributed by atoms with Crippen LogP contribution in [0.15, 0.2) is 0 Å². The number of rotatable bonds is 8. The first kappa shape index (κ1) is 15.9. The maximum atomic E-state index is 6.41. The Kier molecular flexibility index (Phi) is 7.20. The molecule has 2 N–H and O–H groups in total. The number of unbranched alkanes of at least 4 members (excludes halogenated alkanes) is 4. The van der Waals surface area contributed by atoms with Crippen molar-refractivity contribution in [2.45, 2.75) is 70.9 Å². The van der Waals surface area contributed by atoms with Crippen LogP contribution in [0, 0.1) is 0 Å². The van der Waals surface area contributed by atoms with Gasteiger partial charge < -0.3 is 10.5 Å². The number of nitrogens with two attached hydrogens (primary N) is 1. The molecular formula is C15H32N2O. The van der Waals surface area contributed by atoms with Gasteiger partial charge >= 0.3 is 0 Å². The van der Waals surface area contributed by atoms with Crippen LogP contribution in [0.1, 0.15) is 59.3 Å². The Balaban J connectivity index is 2.26. The minimum absolute atomic E-state index is 0.106. The lowest BCUT2D eigenvalue weighted by molar-refractivity contribution is -0.0197. The van der Waals surface area contributed by atoms with E-state index in [9.17, 15) is 0 Å². The van der Waals surface area contributed by atoms with Crippen LogP contribution in [0.25, 0.3) is 0 Å². The molecule has 1 atom stereocenters. The van der Waals surface area contributed by atoms with Gasteiger partial charge in [-0.05, 0) is 20.3 Å². The molecule has 0 bridgehead atoms. The number of ether oxygens (including phenoxy) is 1. The van der Waals surface area contributed by atoms with Gasteiger partial charge in [0.1, 0.15) is 0 Å². The summed E-state index contributed by atoms with van der Waals surface area (Å²) in [4.78, 5) is 2.49. The summed E-state index contributed by atoms with van der Waals surface area (Å²) in [6.45, 7) is 10.6. The molecule has 3 heteroatoms. The fourth-order valence-corrected chi connectivity index (χ4v) is 2.70. The van der Waals surface area contributed by atoms with Gasteiger partial charge in [-0.1, -0.05) is 39.0 Å². The Morgan fingerprint density at radius 2 is 1.72 bits per heavy atom. The van der Waals surface area contributed by atoms with Crippen molar-refractivity contribution >= 4 is 0 Å². The van der Waals surface area contributed by atoms with Crippen LogP contribution in [-0.4, -0.2) is 42.8 Å². The molecule has 0 spiro atoms. The largest absolute Gasteiger partial charge is 0.379 e. The number of hydrogen-bond acceptors (Lipinski definition) is 3. The van der Waals surface area contributed by atoms with E-state index in [1.165, 1.54) is 32.1 Å². The average Bonchev–Trinajstić information content (AvgIpc) is 2.39. The van der Waals surface area contributed by atoms with E-state index < -0.39 is 0 Å². The molecule has 1 aliphatic rings. The maximum Gasteiger partial charge on any atom is 0.0594 e. The van der Waals surface area contributed by atoms with Gasteiger partial charge in [0.25, 0.3) is 0 Å². The highest BCUT2D eigenvalue weighted by Crippen LogP contribution is 2.22. The second kappa shape index (κ2) is 8.13. The van der Waals surface area contributed by atoms with Crippen LogP contribution in [-0.2, 0) is 4.74 Å². The van der Waals surface area contributed by atoms with Crippen molar-refractivity contribution in [2.24, 2.45) is 5.73 Å². The molecule has 1 fully saturated rings. The zero-order chi connectivity index (χ0) is 13.4. The smallest absolute Gasteiger partial charge is 0.0594 e. The molecule has 1 heterocycles.